The first-order valence-electron chi connectivity index (χ1n) is 9.49. The molecule has 0 radical (unpaired) electrons. The van der Waals surface area contributed by atoms with E-state index in [1.165, 1.54) is 38.4 Å². The molecule has 0 spiro atoms. The highest BCUT2D eigenvalue weighted by Gasteiger charge is 2.35. The van der Waals surface area contributed by atoms with Gasteiger partial charge in [0.2, 0.25) is 0 Å². The van der Waals surface area contributed by atoms with Gasteiger partial charge in [0, 0.05) is 35.4 Å². The van der Waals surface area contributed by atoms with E-state index in [2.05, 4.69) is 15.0 Å². The summed E-state index contributed by atoms with van der Waals surface area (Å²) in [6.45, 7) is 3.08. The van der Waals surface area contributed by atoms with Crippen LogP contribution >= 0.6 is 0 Å². The zero-order chi connectivity index (χ0) is 22.2. The first-order valence-corrected chi connectivity index (χ1v) is 9.49. The van der Waals surface area contributed by atoms with E-state index in [0.717, 1.165) is 17.2 Å². The molecule has 0 saturated heterocycles. The molecule has 0 fully saturated rings. The minimum atomic E-state index is -4.54. The summed E-state index contributed by atoms with van der Waals surface area (Å²) in [5, 5.41) is 10.4. The van der Waals surface area contributed by atoms with Crippen molar-refractivity contribution >= 4 is 0 Å². The van der Waals surface area contributed by atoms with Crippen molar-refractivity contribution in [1.29, 1.82) is 0 Å². The SMILES string of the molecule is CC(C)(O)c1cn(-c2ccc(-c3cncnc3)cc2)c(-c2ccccc2C(F)(F)F)n1. The topological polar surface area (TPSA) is 63.8 Å². The van der Waals surface area contributed by atoms with E-state index in [0.29, 0.717) is 5.69 Å². The van der Waals surface area contributed by atoms with Gasteiger partial charge >= 0.3 is 6.18 Å². The Kier molecular flexibility index (Phi) is 5.10. The molecule has 2 heterocycles. The Balaban J connectivity index is 1.87. The summed E-state index contributed by atoms with van der Waals surface area (Å²) in [6.07, 6.45) is 1.81. The molecule has 158 valence electrons. The molecule has 0 saturated carbocycles. The lowest BCUT2D eigenvalue weighted by atomic mass is 10.1. The molecule has 0 aliphatic rings. The zero-order valence-corrected chi connectivity index (χ0v) is 16.8. The molecule has 4 rings (SSSR count). The largest absolute Gasteiger partial charge is 0.417 e. The van der Waals surface area contributed by atoms with Crippen LogP contribution in [0.4, 0.5) is 13.2 Å². The van der Waals surface area contributed by atoms with Crippen LogP contribution in [0, 0.1) is 0 Å². The molecular weight excluding hydrogens is 405 g/mol. The number of hydrogen-bond acceptors (Lipinski definition) is 4. The Bertz CT molecular complexity index is 1190. The van der Waals surface area contributed by atoms with Crippen molar-refractivity contribution in [3.63, 3.8) is 0 Å². The molecular formula is C23H19F3N4O. The van der Waals surface area contributed by atoms with Crippen LogP contribution < -0.4 is 0 Å². The Labute approximate surface area is 176 Å². The molecule has 0 atom stereocenters. The van der Waals surface area contributed by atoms with E-state index < -0.39 is 17.3 Å². The summed E-state index contributed by atoms with van der Waals surface area (Å²) >= 11 is 0. The van der Waals surface area contributed by atoms with Crippen LogP contribution in [-0.2, 0) is 11.8 Å². The van der Waals surface area contributed by atoms with E-state index in [1.54, 1.807) is 35.3 Å². The van der Waals surface area contributed by atoms with E-state index in [1.807, 2.05) is 12.1 Å². The van der Waals surface area contributed by atoms with E-state index >= 15 is 0 Å². The highest BCUT2D eigenvalue weighted by Crippen LogP contribution is 2.38. The molecule has 0 aliphatic heterocycles. The van der Waals surface area contributed by atoms with Crippen LogP contribution in [0.2, 0.25) is 0 Å². The average molecular weight is 424 g/mol. The molecule has 31 heavy (non-hydrogen) atoms. The van der Waals surface area contributed by atoms with Gasteiger partial charge < -0.3 is 5.11 Å². The van der Waals surface area contributed by atoms with Crippen LogP contribution in [0.1, 0.15) is 25.1 Å². The molecule has 5 nitrogen and oxygen atoms in total. The van der Waals surface area contributed by atoms with Crippen molar-refractivity contribution in [2.24, 2.45) is 0 Å². The first-order chi connectivity index (χ1) is 14.6. The molecule has 0 unspecified atom stereocenters. The summed E-state index contributed by atoms with van der Waals surface area (Å²) in [5.41, 5.74) is 0.377. The van der Waals surface area contributed by atoms with Gasteiger partial charge in [-0.15, -0.1) is 0 Å². The van der Waals surface area contributed by atoms with Crippen molar-refractivity contribution in [3.8, 4) is 28.2 Å². The van der Waals surface area contributed by atoms with Gasteiger partial charge in [0.05, 0.1) is 11.3 Å². The lowest BCUT2D eigenvalue weighted by Crippen LogP contribution is -2.15. The Morgan fingerprint density at radius 3 is 2.13 bits per heavy atom. The summed E-state index contributed by atoms with van der Waals surface area (Å²) in [6, 6.07) is 12.5. The third kappa shape index (κ3) is 4.20. The Hall–Kier alpha value is -3.52. The molecule has 2 aromatic heterocycles. The number of aromatic nitrogens is 4. The second-order valence-corrected chi connectivity index (χ2v) is 7.60. The van der Waals surface area contributed by atoms with Crippen molar-refractivity contribution < 1.29 is 18.3 Å². The fourth-order valence-electron chi connectivity index (χ4n) is 3.25. The lowest BCUT2D eigenvalue weighted by Gasteiger charge is -2.14. The highest BCUT2D eigenvalue weighted by molar-refractivity contribution is 5.67. The minimum absolute atomic E-state index is 0.0639. The summed E-state index contributed by atoms with van der Waals surface area (Å²) < 4.78 is 42.5. The van der Waals surface area contributed by atoms with Gasteiger partial charge in [-0.1, -0.05) is 30.3 Å². The Morgan fingerprint density at radius 1 is 0.871 bits per heavy atom. The molecule has 0 amide bonds. The van der Waals surface area contributed by atoms with E-state index in [4.69, 9.17) is 0 Å². The summed E-state index contributed by atoms with van der Waals surface area (Å²) in [5.74, 6) is 0.0980. The van der Waals surface area contributed by atoms with Crippen LogP contribution in [0.25, 0.3) is 28.2 Å². The summed E-state index contributed by atoms with van der Waals surface area (Å²) in [7, 11) is 0. The van der Waals surface area contributed by atoms with Crippen LogP contribution in [-0.4, -0.2) is 24.6 Å². The third-order valence-electron chi connectivity index (χ3n) is 4.85. The molecule has 0 aliphatic carbocycles. The number of rotatable bonds is 4. The maximum absolute atomic E-state index is 13.7. The van der Waals surface area contributed by atoms with Crippen LogP contribution in [0.3, 0.4) is 0 Å². The van der Waals surface area contributed by atoms with E-state index in [-0.39, 0.29) is 17.1 Å². The predicted molar refractivity (Wildman–Crippen MR) is 110 cm³/mol. The molecule has 1 N–H and O–H groups in total. The average Bonchev–Trinajstić information content (AvgIpc) is 3.20. The number of aliphatic hydroxyl groups is 1. The lowest BCUT2D eigenvalue weighted by molar-refractivity contribution is -0.137. The normalized spacial score (nSPS) is 12.2. The molecule has 0 bridgehead atoms. The second-order valence-electron chi connectivity index (χ2n) is 7.60. The second kappa shape index (κ2) is 7.63. The number of halogens is 3. The monoisotopic (exact) mass is 424 g/mol. The number of nitrogens with zero attached hydrogens (tertiary/aromatic N) is 4. The van der Waals surface area contributed by atoms with Gasteiger partial charge in [0.15, 0.2) is 0 Å². The van der Waals surface area contributed by atoms with Gasteiger partial charge in [-0.2, -0.15) is 13.2 Å². The van der Waals surface area contributed by atoms with Crippen molar-refractivity contribution in [2.45, 2.75) is 25.6 Å². The molecule has 2 aromatic carbocycles. The van der Waals surface area contributed by atoms with Crippen molar-refractivity contribution in [1.82, 2.24) is 19.5 Å². The fourth-order valence-corrected chi connectivity index (χ4v) is 3.25. The maximum atomic E-state index is 13.7. The first kappa shape index (κ1) is 20.7. The predicted octanol–water partition coefficient (Wildman–Crippen LogP) is 5.24. The highest BCUT2D eigenvalue weighted by atomic mass is 19.4. The molecule has 4 aromatic rings. The zero-order valence-electron chi connectivity index (χ0n) is 16.8. The van der Waals surface area contributed by atoms with Crippen molar-refractivity contribution in [2.75, 3.05) is 0 Å². The van der Waals surface area contributed by atoms with E-state index in [9.17, 15) is 18.3 Å². The standard InChI is InChI=1S/C23H19F3N4O/c1-22(2,31)20-13-30(17-9-7-15(8-10-17)16-11-27-14-28-12-16)21(29-20)18-5-3-4-6-19(18)23(24,25)26/h3-14,31H,1-2H3. The number of alkyl halides is 3. The van der Waals surface area contributed by atoms with Gasteiger partial charge in [-0.05, 0) is 37.6 Å². The van der Waals surface area contributed by atoms with Crippen LogP contribution in [0.5, 0.6) is 0 Å². The fraction of sp³-hybridized carbons (Fsp3) is 0.174. The number of hydrogen-bond donors (Lipinski definition) is 1. The molecule has 8 heteroatoms. The third-order valence-corrected chi connectivity index (χ3v) is 4.85. The van der Waals surface area contributed by atoms with Gasteiger partial charge in [-0.3, -0.25) is 4.57 Å². The van der Waals surface area contributed by atoms with Crippen LogP contribution in [0.15, 0.2) is 73.4 Å². The smallest absolute Gasteiger partial charge is 0.384 e. The Morgan fingerprint density at radius 2 is 1.52 bits per heavy atom. The number of benzene rings is 2. The number of imidazole rings is 1. The van der Waals surface area contributed by atoms with Gasteiger partial charge in [0.25, 0.3) is 0 Å². The van der Waals surface area contributed by atoms with Crippen molar-refractivity contribution in [3.05, 3.63) is 84.7 Å². The van der Waals surface area contributed by atoms with Gasteiger partial charge in [-0.25, -0.2) is 15.0 Å². The quantitative estimate of drug-likeness (QED) is 0.487. The minimum Gasteiger partial charge on any atom is -0.384 e. The summed E-state index contributed by atoms with van der Waals surface area (Å²) in [4.78, 5) is 12.4. The van der Waals surface area contributed by atoms with Gasteiger partial charge in [0.1, 0.15) is 17.8 Å². The maximum Gasteiger partial charge on any atom is 0.417 e.